The minimum Gasteiger partial charge on any atom is -0.338 e. The summed E-state index contributed by atoms with van der Waals surface area (Å²) in [7, 11) is -3.10. The third kappa shape index (κ3) is 5.12. The maximum Gasteiger partial charge on any atom is 0.267 e. The van der Waals surface area contributed by atoms with Gasteiger partial charge in [-0.05, 0) is 75.1 Å². The van der Waals surface area contributed by atoms with Crippen molar-refractivity contribution in [3.05, 3.63) is 50.1 Å². The predicted molar refractivity (Wildman–Crippen MR) is 151 cm³/mol. The van der Waals surface area contributed by atoms with Crippen LogP contribution < -0.4 is 5.56 Å². The van der Waals surface area contributed by atoms with Crippen LogP contribution in [0, 0.1) is 19.8 Å². The zero-order valence-electron chi connectivity index (χ0n) is 21.7. The van der Waals surface area contributed by atoms with Crippen LogP contribution in [0.15, 0.2) is 28.2 Å². The fraction of sp³-hybridized carbons (Fsp3) is 0.519. The van der Waals surface area contributed by atoms with Gasteiger partial charge in [-0.2, -0.15) is 0 Å². The molecule has 0 spiro atoms. The van der Waals surface area contributed by atoms with Gasteiger partial charge in [-0.25, -0.2) is 13.4 Å². The monoisotopic (exact) mass is 559 g/mol. The first-order chi connectivity index (χ1) is 17.6. The lowest BCUT2D eigenvalue weighted by atomic mass is 9.89. The number of amides is 1. The van der Waals surface area contributed by atoms with E-state index in [0.717, 1.165) is 51.9 Å². The molecule has 0 saturated carbocycles. The average Bonchev–Trinajstić information content (AvgIpc) is 3.38. The molecule has 2 atom stereocenters. The molecule has 0 N–H and O–H groups in total. The number of rotatable bonds is 6. The average molecular weight is 560 g/mol. The Morgan fingerprint density at radius 2 is 2.05 bits per heavy atom. The molecule has 1 aliphatic heterocycles. The lowest BCUT2D eigenvalue weighted by molar-refractivity contribution is -0.129. The number of thioether (sulfide) groups is 1. The van der Waals surface area contributed by atoms with E-state index in [2.05, 4.69) is 6.92 Å². The fourth-order valence-corrected chi connectivity index (χ4v) is 9.56. The van der Waals surface area contributed by atoms with E-state index < -0.39 is 9.84 Å². The standard InChI is InChI=1S/C27H33N3O4S3/c1-5-29(19-10-11-37(33,34)15-19)23(31)14-35-27-28-25-24(20-9-7-17(3)13-22(20)36-25)26(32)30(27)21-12-16(2)6-8-18(21)4/h6,8,12,17,19H,5,7,9-11,13-15H2,1-4H3/t17-,19-/m0/s1. The number of aromatic nitrogens is 2. The largest absolute Gasteiger partial charge is 0.338 e. The van der Waals surface area contributed by atoms with E-state index in [1.165, 1.54) is 16.6 Å². The van der Waals surface area contributed by atoms with Gasteiger partial charge in [0.25, 0.3) is 5.56 Å². The lowest BCUT2D eigenvalue weighted by Crippen LogP contribution is -2.42. The third-order valence-electron chi connectivity index (χ3n) is 7.54. The van der Waals surface area contributed by atoms with Crippen molar-refractivity contribution in [3.63, 3.8) is 0 Å². The molecule has 2 aromatic heterocycles. The smallest absolute Gasteiger partial charge is 0.267 e. The topological polar surface area (TPSA) is 89.3 Å². The number of hydrogen-bond donors (Lipinski definition) is 0. The molecule has 1 aliphatic carbocycles. The Morgan fingerprint density at radius 1 is 1.27 bits per heavy atom. The van der Waals surface area contributed by atoms with Crippen LogP contribution in [0.25, 0.3) is 15.9 Å². The summed E-state index contributed by atoms with van der Waals surface area (Å²) >= 11 is 2.87. The molecule has 3 heterocycles. The zero-order chi connectivity index (χ0) is 26.5. The van der Waals surface area contributed by atoms with Crippen LogP contribution in [0.5, 0.6) is 0 Å². The van der Waals surface area contributed by atoms with Crippen LogP contribution >= 0.6 is 23.1 Å². The zero-order valence-corrected chi connectivity index (χ0v) is 24.2. The van der Waals surface area contributed by atoms with Crippen LogP contribution in [0.2, 0.25) is 0 Å². The van der Waals surface area contributed by atoms with Gasteiger partial charge in [0.05, 0.1) is 28.3 Å². The normalized spacial score (nSPS) is 20.8. The summed E-state index contributed by atoms with van der Waals surface area (Å²) < 4.78 is 25.7. The van der Waals surface area contributed by atoms with Crippen molar-refractivity contribution in [3.8, 4) is 5.69 Å². The lowest BCUT2D eigenvalue weighted by Gasteiger charge is -2.26. The number of carbonyl (C=O) groups excluding carboxylic acids is 1. The first kappa shape index (κ1) is 26.4. The Morgan fingerprint density at radius 3 is 2.76 bits per heavy atom. The molecule has 1 fully saturated rings. The summed E-state index contributed by atoms with van der Waals surface area (Å²) in [6.07, 6.45) is 3.40. The third-order valence-corrected chi connectivity index (χ3v) is 11.4. The molecule has 0 unspecified atom stereocenters. The highest BCUT2D eigenvalue weighted by atomic mass is 32.2. The number of carbonyl (C=O) groups is 1. The van der Waals surface area contributed by atoms with Crippen LogP contribution in [-0.2, 0) is 27.5 Å². The van der Waals surface area contributed by atoms with Crippen molar-refractivity contribution >= 4 is 49.1 Å². The minimum absolute atomic E-state index is 0.0216. The number of benzene rings is 1. The summed E-state index contributed by atoms with van der Waals surface area (Å²) in [6, 6.07) is 5.74. The molecule has 7 nitrogen and oxygen atoms in total. The summed E-state index contributed by atoms with van der Waals surface area (Å²) in [4.78, 5) is 36.0. The number of nitrogens with zero attached hydrogens (tertiary/aromatic N) is 3. The van der Waals surface area contributed by atoms with Crippen LogP contribution in [-0.4, -0.2) is 58.6 Å². The quantitative estimate of drug-likeness (QED) is 0.330. The van der Waals surface area contributed by atoms with Crippen LogP contribution in [0.4, 0.5) is 0 Å². The van der Waals surface area contributed by atoms with Crippen molar-refractivity contribution < 1.29 is 13.2 Å². The van der Waals surface area contributed by atoms with E-state index in [0.29, 0.717) is 24.0 Å². The number of aryl methyl sites for hydroxylation is 3. The van der Waals surface area contributed by atoms with Crippen molar-refractivity contribution in [2.75, 3.05) is 23.8 Å². The van der Waals surface area contributed by atoms with Gasteiger partial charge < -0.3 is 4.90 Å². The molecule has 10 heteroatoms. The molecular formula is C27H33N3O4S3. The van der Waals surface area contributed by atoms with Crippen molar-refractivity contribution in [1.29, 1.82) is 0 Å². The van der Waals surface area contributed by atoms with E-state index >= 15 is 0 Å². The van der Waals surface area contributed by atoms with Gasteiger partial charge in [0.15, 0.2) is 15.0 Å². The highest BCUT2D eigenvalue weighted by molar-refractivity contribution is 7.99. The Balaban J connectivity index is 1.55. The summed E-state index contributed by atoms with van der Waals surface area (Å²) in [5.74, 6) is 0.701. The van der Waals surface area contributed by atoms with Gasteiger partial charge in [0, 0.05) is 17.5 Å². The van der Waals surface area contributed by atoms with Gasteiger partial charge in [-0.15, -0.1) is 11.3 Å². The number of thiophene rings is 1. The van der Waals surface area contributed by atoms with Crippen molar-refractivity contribution in [1.82, 2.24) is 14.5 Å². The molecule has 1 aromatic carbocycles. The summed E-state index contributed by atoms with van der Waals surface area (Å²) in [6.45, 7) is 8.55. The second-order valence-electron chi connectivity index (χ2n) is 10.4. The van der Waals surface area contributed by atoms with E-state index in [9.17, 15) is 18.0 Å². The molecular weight excluding hydrogens is 527 g/mol. The molecule has 3 aromatic rings. The van der Waals surface area contributed by atoms with E-state index in [1.54, 1.807) is 20.8 Å². The highest BCUT2D eigenvalue weighted by Crippen LogP contribution is 2.37. The second kappa shape index (κ2) is 10.2. The Bertz CT molecular complexity index is 1540. The number of hydrogen-bond acceptors (Lipinski definition) is 7. The predicted octanol–water partition coefficient (Wildman–Crippen LogP) is 4.32. The minimum atomic E-state index is -3.10. The van der Waals surface area contributed by atoms with E-state index in [1.807, 2.05) is 39.0 Å². The Kier molecular flexibility index (Phi) is 7.28. The van der Waals surface area contributed by atoms with Gasteiger partial charge in [-0.1, -0.05) is 30.8 Å². The Hall–Kier alpha value is -2.17. The number of sulfone groups is 1. The maximum absolute atomic E-state index is 14.1. The first-order valence-electron chi connectivity index (χ1n) is 12.9. The van der Waals surface area contributed by atoms with Crippen LogP contribution in [0.1, 0.15) is 48.3 Å². The van der Waals surface area contributed by atoms with Crippen molar-refractivity contribution in [2.45, 2.75) is 64.6 Å². The van der Waals surface area contributed by atoms with Crippen molar-refractivity contribution in [2.24, 2.45) is 5.92 Å². The fourth-order valence-electron chi connectivity index (χ4n) is 5.51. The summed E-state index contributed by atoms with van der Waals surface area (Å²) in [5, 5.41) is 1.22. The van der Waals surface area contributed by atoms with E-state index in [4.69, 9.17) is 4.98 Å². The van der Waals surface area contributed by atoms with Gasteiger partial charge in [0.2, 0.25) is 5.91 Å². The summed E-state index contributed by atoms with van der Waals surface area (Å²) in [5.41, 5.74) is 3.86. The molecule has 1 amide bonds. The number of fused-ring (bicyclic) bond motifs is 3. The molecule has 0 radical (unpaired) electrons. The SMILES string of the molecule is CCN(C(=O)CSc1nc2sc3c(c2c(=O)n1-c1cc(C)ccc1C)CC[C@H](C)C3)[C@H]1CCS(=O)(=O)C1. The van der Waals surface area contributed by atoms with Crippen LogP contribution in [0.3, 0.4) is 0 Å². The molecule has 198 valence electrons. The van der Waals surface area contributed by atoms with Gasteiger partial charge in [-0.3, -0.25) is 14.2 Å². The molecule has 0 bridgehead atoms. The molecule has 5 rings (SSSR count). The van der Waals surface area contributed by atoms with Gasteiger partial charge in [0.1, 0.15) is 4.83 Å². The van der Waals surface area contributed by atoms with Gasteiger partial charge >= 0.3 is 0 Å². The Labute approximate surface area is 226 Å². The maximum atomic E-state index is 14.1. The molecule has 2 aliphatic rings. The molecule has 1 saturated heterocycles. The second-order valence-corrected chi connectivity index (χ2v) is 14.6. The van der Waals surface area contributed by atoms with E-state index in [-0.39, 0.29) is 34.8 Å². The first-order valence-corrected chi connectivity index (χ1v) is 16.5. The molecule has 37 heavy (non-hydrogen) atoms. The highest BCUT2D eigenvalue weighted by Gasteiger charge is 2.34.